The van der Waals surface area contributed by atoms with Crippen LogP contribution < -0.4 is 0 Å². The first-order chi connectivity index (χ1) is 5.33. The summed E-state index contributed by atoms with van der Waals surface area (Å²) in [7, 11) is -5.33. The van der Waals surface area contributed by atoms with Gasteiger partial charge >= 0.3 is 14.0 Å². The van der Waals surface area contributed by atoms with E-state index in [0.717, 1.165) is 0 Å². The Kier molecular flexibility index (Phi) is 4.04. The molecule has 10 heteroatoms. The molecule has 0 aliphatic carbocycles. The Bertz CT molecular complexity index is 171. The molecule has 0 rings (SSSR count). The van der Waals surface area contributed by atoms with Crippen LogP contribution in [0.4, 0.5) is 22.2 Å². The zero-order valence-electron chi connectivity index (χ0n) is 5.18. The third-order valence-electron chi connectivity index (χ3n) is 0.555. The summed E-state index contributed by atoms with van der Waals surface area (Å²) in [6.45, 7) is -2.14. The van der Waals surface area contributed by atoms with Gasteiger partial charge in [-0.05, 0) is 9.05 Å². The Hall–Kier alpha value is -0.240. The van der Waals surface area contributed by atoms with Crippen molar-refractivity contribution in [1.82, 2.24) is 0 Å². The first kappa shape index (κ1) is 11.8. The highest BCUT2D eigenvalue weighted by Crippen LogP contribution is 2.50. The molecule has 4 nitrogen and oxygen atoms in total. The van der Waals surface area contributed by atoms with Crippen molar-refractivity contribution in [3.63, 3.8) is 0 Å². The number of hydrogen-bond donors (Lipinski definition) is 0. The van der Waals surface area contributed by atoms with Crippen LogP contribution in [0.3, 0.4) is 0 Å². The van der Waals surface area contributed by atoms with Crippen molar-refractivity contribution < 1.29 is 40.8 Å². The highest BCUT2D eigenvalue weighted by molar-refractivity contribution is 7.48. The van der Waals surface area contributed by atoms with Crippen molar-refractivity contribution in [3.8, 4) is 0 Å². The molecule has 0 aliphatic rings. The zero-order valence-corrected chi connectivity index (χ0v) is 6.07. The quantitative estimate of drug-likeness (QED) is 0.534. The van der Waals surface area contributed by atoms with Crippen LogP contribution in [-0.2, 0) is 18.5 Å². The lowest BCUT2D eigenvalue weighted by Crippen LogP contribution is -2.16. The first-order valence-electron chi connectivity index (χ1n) is 2.25. The molecule has 0 amide bonds. The Morgan fingerprint density at radius 3 is 1.83 bits per heavy atom. The lowest BCUT2D eigenvalue weighted by Gasteiger charge is -2.09. The summed E-state index contributed by atoms with van der Waals surface area (Å²) < 4.78 is 73.4. The second-order valence-electron chi connectivity index (χ2n) is 1.47. The molecule has 0 aromatic rings. The van der Waals surface area contributed by atoms with Gasteiger partial charge in [-0.25, -0.2) is 4.57 Å². The highest BCUT2D eigenvalue weighted by atomic mass is 31.2. The van der Waals surface area contributed by atoms with E-state index in [4.69, 9.17) is 0 Å². The summed E-state index contributed by atoms with van der Waals surface area (Å²) in [6, 6.07) is 0. The maximum atomic E-state index is 11.3. The van der Waals surface area contributed by atoms with Crippen molar-refractivity contribution >= 4 is 7.82 Å². The van der Waals surface area contributed by atoms with E-state index in [1.165, 1.54) is 0 Å². The number of rotatable bonds is 4. The van der Waals surface area contributed by atoms with Gasteiger partial charge in [-0.3, -0.25) is 4.52 Å². The summed E-state index contributed by atoms with van der Waals surface area (Å²) in [5, 5.41) is 0. The van der Waals surface area contributed by atoms with Crippen molar-refractivity contribution in [2.75, 3.05) is 6.61 Å². The molecule has 0 aliphatic heterocycles. The molecule has 0 fully saturated rings. The molecule has 0 saturated heterocycles. The van der Waals surface area contributed by atoms with Crippen LogP contribution in [0.5, 0.6) is 0 Å². The van der Waals surface area contributed by atoms with Gasteiger partial charge in [0.15, 0.2) is 6.61 Å². The van der Waals surface area contributed by atoms with Crippen LogP contribution in [0.25, 0.3) is 0 Å². The van der Waals surface area contributed by atoms with Gasteiger partial charge in [0.1, 0.15) is 0 Å². The first-order valence-corrected chi connectivity index (χ1v) is 3.71. The minimum absolute atomic E-state index is 2.14. The highest BCUT2D eigenvalue weighted by Gasteiger charge is 2.37. The minimum atomic E-state index is -5.33. The van der Waals surface area contributed by atoms with Crippen LogP contribution in [-0.4, -0.2) is 12.8 Å². The molecule has 0 N–H and O–H groups in total. The smallest absolute Gasteiger partial charge is 0.274 e. The van der Waals surface area contributed by atoms with Gasteiger partial charge in [0.2, 0.25) is 0 Å². The Balaban J connectivity index is 3.99. The van der Waals surface area contributed by atoms with E-state index in [-0.39, 0.29) is 0 Å². The minimum Gasteiger partial charge on any atom is -0.274 e. The predicted molar refractivity (Wildman–Crippen MR) is 24.0 cm³/mol. The number of alkyl halides is 3. The summed E-state index contributed by atoms with van der Waals surface area (Å²) in [6.07, 6.45) is -4.88. The topological polar surface area (TPSA) is 44.8 Å². The van der Waals surface area contributed by atoms with E-state index in [1.807, 2.05) is 0 Å². The molecule has 74 valence electrons. The summed E-state index contributed by atoms with van der Waals surface area (Å²) in [5.41, 5.74) is 0. The molecule has 0 heterocycles. The van der Waals surface area contributed by atoms with Gasteiger partial charge in [-0.2, -0.15) is 13.2 Å². The van der Waals surface area contributed by atoms with E-state index >= 15 is 0 Å². The van der Waals surface area contributed by atoms with Crippen LogP contribution in [0, 0.1) is 0 Å². The third-order valence-corrected chi connectivity index (χ3v) is 1.34. The lowest BCUT2D eigenvalue weighted by molar-refractivity contribution is -0.176. The standard InChI is InChI=1S/C2H2F5O4P/c3-2(4,5)1-9-12(8,10-6)11-7/h1H2. The fraction of sp³-hybridized carbons (Fsp3) is 1.00. The Labute approximate surface area is 62.6 Å². The van der Waals surface area contributed by atoms with Gasteiger partial charge < -0.3 is 0 Å². The van der Waals surface area contributed by atoms with Gasteiger partial charge in [-0.15, -0.1) is 0 Å². The van der Waals surface area contributed by atoms with Gasteiger partial charge in [-0.1, -0.05) is 9.46 Å². The van der Waals surface area contributed by atoms with Gasteiger partial charge in [0, 0.05) is 0 Å². The van der Waals surface area contributed by atoms with Crippen LogP contribution in [0.15, 0.2) is 0 Å². The van der Waals surface area contributed by atoms with Crippen molar-refractivity contribution in [2.45, 2.75) is 6.18 Å². The molecule has 0 atom stereocenters. The van der Waals surface area contributed by atoms with Gasteiger partial charge in [0.05, 0.1) is 0 Å². The molecule has 0 spiro atoms. The summed E-state index contributed by atoms with van der Waals surface area (Å²) in [4.78, 5) is 0. The molecule has 0 saturated carbocycles. The molecular weight excluding hydrogens is 214 g/mol. The monoisotopic (exact) mass is 216 g/mol. The van der Waals surface area contributed by atoms with E-state index in [0.29, 0.717) is 0 Å². The number of phosphoric acid groups is 1. The lowest BCUT2D eigenvalue weighted by atomic mass is 10.7. The van der Waals surface area contributed by atoms with Crippen molar-refractivity contribution in [2.24, 2.45) is 0 Å². The normalized spacial score (nSPS) is 13.4. The largest absolute Gasteiger partial charge is 0.537 e. The van der Waals surface area contributed by atoms with Crippen molar-refractivity contribution in [3.05, 3.63) is 0 Å². The predicted octanol–water partition coefficient (Wildman–Crippen LogP) is 2.48. The molecular formula is C2H2F5O4P. The average molecular weight is 216 g/mol. The molecule has 0 bridgehead atoms. The van der Waals surface area contributed by atoms with Crippen LogP contribution >= 0.6 is 7.82 Å². The Morgan fingerprint density at radius 1 is 1.17 bits per heavy atom. The second kappa shape index (κ2) is 4.13. The summed E-state index contributed by atoms with van der Waals surface area (Å²) in [5.74, 6) is 0. The fourth-order valence-corrected chi connectivity index (χ4v) is 0.608. The van der Waals surface area contributed by atoms with Crippen molar-refractivity contribution in [1.29, 1.82) is 0 Å². The maximum Gasteiger partial charge on any atom is 0.537 e. The molecule has 0 radical (unpaired) electrons. The van der Waals surface area contributed by atoms with Crippen LogP contribution in [0.1, 0.15) is 0 Å². The Morgan fingerprint density at radius 2 is 1.58 bits per heavy atom. The second-order valence-corrected chi connectivity index (χ2v) is 2.90. The third kappa shape index (κ3) is 4.60. The fourth-order valence-electron chi connectivity index (χ4n) is 0.203. The van der Waals surface area contributed by atoms with Gasteiger partial charge in [0.25, 0.3) is 0 Å². The average Bonchev–Trinajstić information content (AvgIpc) is 1.99. The maximum absolute atomic E-state index is 11.3. The van der Waals surface area contributed by atoms with E-state index < -0.39 is 20.6 Å². The summed E-state index contributed by atoms with van der Waals surface area (Å²) >= 11 is 0. The zero-order chi connectivity index (χ0) is 9.83. The van der Waals surface area contributed by atoms with Crippen LogP contribution in [0.2, 0.25) is 0 Å². The SMILES string of the molecule is O=P(OF)(OF)OCC(F)(F)F. The molecule has 0 unspecified atom stereocenters. The van der Waals surface area contributed by atoms with E-state index in [2.05, 4.69) is 14.0 Å². The molecule has 12 heavy (non-hydrogen) atoms. The number of halogens is 5. The number of hydrogen-bond acceptors (Lipinski definition) is 4. The molecule has 0 aromatic carbocycles. The van der Waals surface area contributed by atoms with E-state index in [1.54, 1.807) is 0 Å². The van der Waals surface area contributed by atoms with E-state index in [9.17, 15) is 26.8 Å². The molecule has 0 aromatic heterocycles.